The zero-order chi connectivity index (χ0) is 7.19. The molecular formula is C7H13ClN2. The van der Waals surface area contributed by atoms with Crippen LogP contribution in [0.15, 0.2) is 0 Å². The number of rotatable bonds is 0. The summed E-state index contributed by atoms with van der Waals surface area (Å²) in [6, 6.07) is 0.578. The minimum absolute atomic E-state index is 0.0642. The van der Waals surface area contributed by atoms with Crippen molar-refractivity contribution >= 4 is 11.6 Å². The van der Waals surface area contributed by atoms with Crippen LogP contribution >= 0.6 is 11.6 Å². The second-order valence-corrected chi connectivity index (χ2v) is 4.16. The standard InChI is InChI=1S/C7H13ClN2/c1-10-3-2-7(8)5-9-4-6(7)10/h6,9H,2-5H2,1H3. The molecule has 2 aliphatic heterocycles. The highest BCUT2D eigenvalue weighted by molar-refractivity contribution is 6.25. The van der Waals surface area contributed by atoms with Crippen LogP contribution in [0.3, 0.4) is 0 Å². The van der Waals surface area contributed by atoms with Gasteiger partial charge in [-0.25, -0.2) is 0 Å². The molecule has 3 heteroatoms. The normalized spacial score (nSPS) is 48.0. The second kappa shape index (κ2) is 2.10. The van der Waals surface area contributed by atoms with Gasteiger partial charge in [-0.1, -0.05) is 0 Å². The lowest BCUT2D eigenvalue weighted by atomic mass is 10.0. The van der Waals surface area contributed by atoms with Gasteiger partial charge in [-0.15, -0.1) is 11.6 Å². The van der Waals surface area contributed by atoms with Crippen molar-refractivity contribution in [3.05, 3.63) is 0 Å². The highest BCUT2D eigenvalue weighted by Crippen LogP contribution is 2.35. The van der Waals surface area contributed by atoms with Gasteiger partial charge in [0.05, 0.1) is 4.87 Å². The minimum atomic E-state index is 0.0642. The Morgan fingerprint density at radius 1 is 1.70 bits per heavy atom. The molecule has 58 valence electrons. The highest BCUT2D eigenvalue weighted by Gasteiger charge is 2.47. The predicted octanol–water partition coefficient (Wildman–Crippen LogP) is 0.271. The Morgan fingerprint density at radius 3 is 3.20 bits per heavy atom. The molecule has 0 saturated carbocycles. The number of nitrogens with one attached hydrogen (secondary N) is 1. The molecule has 0 aromatic heterocycles. The van der Waals surface area contributed by atoms with Gasteiger partial charge in [-0.3, -0.25) is 0 Å². The minimum Gasteiger partial charge on any atom is -0.313 e. The number of likely N-dealkylation sites (tertiary alicyclic amines) is 1. The third-order valence-corrected chi connectivity index (χ3v) is 3.34. The molecule has 0 aromatic carbocycles. The maximum absolute atomic E-state index is 6.36. The average molecular weight is 161 g/mol. The number of halogens is 1. The molecule has 0 bridgehead atoms. The molecule has 2 atom stereocenters. The molecule has 2 unspecified atom stereocenters. The Morgan fingerprint density at radius 2 is 2.50 bits per heavy atom. The third kappa shape index (κ3) is 0.792. The Labute approximate surface area is 66.5 Å². The van der Waals surface area contributed by atoms with Crippen molar-refractivity contribution in [2.24, 2.45) is 0 Å². The molecule has 2 saturated heterocycles. The first-order valence-electron chi connectivity index (χ1n) is 3.82. The van der Waals surface area contributed by atoms with Crippen molar-refractivity contribution in [3.63, 3.8) is 0 Å². The zero-order valence-electron chi connectivity index (χ0n) is 6.23. The maximum Gasteiger partial charge on any atom is 0.0749 e. The van der Waals surface area contributed by atoms with Crippen molar-refractivity contribution in [3.8, 4) is 0 Å². The van der Waals surface area contributed by atoms with E-state index in [1.807, 2.05) is 0 Å². The number of likely N-dealkylation sites (N-methyl/N-ethyl adjacent to an activating group) is 1. The van der Waals surface area contributed by atoms with Crippen molar-refractivity contribution in [1.29, 1.82) is 0 Å². The van der Waals surface area contributed by atoms with Gasteiger partial charge in [0.15, 0.2) is 0 Å². The highest BCUT2D eigenvalue weighted by atomic mass is 35.5. The summed E-state index contributed by atoms with van der Waals surface area (Å²) in [6.45, 7) is 3.22. The smallest absolute Gasteiger partial charge is 0.0749 e. The van der Waals surface area contributed by atoms with Crippen LogP contribution in [0.5, 0.6) is 0 Å². The summed E-state index contributed by atoms with van der Waals surface area (Å²) in [5.74, 6) is 0. The lowest BCUT2D eigenvalue weighted by Crippen LogP contribution is -2.37. The first kappa shape index (κ1) is 6.89. The van der Waals surface area contributed by atoms with Crippen LogP contribution in [0.25, 0.3) is 0 Å². The molecule has 0 spiro atoms. The van der Waals surface area contributed by atoms with Gasteiger partial charge in [0.2, 0.25) is 0 Å². The van der Waals surface area contributed by atoms with Crippen LogP contribution in [0.2, 0.25) is 0 Å². The van der Waals surface area contributed by atoms with Crippen LogP contribution < -0.4 is 5.32 Å². The monoisotopic (exact) mass is 160 g/mol. The Bertz CT molecular complexity index is 151. The lowest BCUT2D eigenvalue weighted by molar-refractivity contribution is 0.315. The van der Waals surface area contributed by atoms with Crippen LogP contribution in [-0.2, 0) is 0 Å². The van der Waals surface area contributed by atoms with E-state index in [4.69, 9.17) is 11.6 Å². The predicted molar refractivity (Wildman–Crippen MR) is 42.5 cm³/mol. The van der Waals surface area contributed by atoms with Gasteiger partial charge < -0.3 is 10.2 Å². The van der Waals surface area contributed by atoms with Crippen LogP contribution in [0.4, 0.5) is 0 Å². The van der Waals surface area contributed by atoms with Crippen LogP contribution in [-0.4, -0.2) is 42.5 Å². The Balaban J connectivity index is 2.19. The molecule has 0 amide bonds. The average Bonchev–Trinajstić information content (AvgIpc) is 2.35. The van der Waals surface area contributed by atoms with E-state index in [2.05, 4.69) is 17.3 Å². The van der Waals surface area contributed by atoms with Crippen LogP contribution in [0, 0.1) is 0 Å². The Hall–Kier alpha value is 0.210. The number of nitrogens with zero attached hydrogens (tertiary/aromatic N) is 1. The first-order valence-corrected chi connectivity index (χ1v) is 4.20. The van der Waals surface area contributed by atoms with Crippen molar-refractivity contribution in [1.82, 2.24) is 10.2 Å². The molecule has 2 heterocycles. The fourth-order valence-corrected chi connectivity index (χ4v) is 2.46. The summed E-state index contributed by atoms with van der Waals surface area (Å²) in [4.78, 5) is 2.42. The van der Waals surface area contributed by atoms with E-state index in [0.29, 0.717) is 6.04 Å². The third-order valence-electron chi connectivity index (χ3n) is 2.77. The first-order chi connectivity index (χ1) is 4.72. The summed E-state index contributed by atoms with van der Waals surface area (Å²) < 4.78 is 0. The quantitative estimate of drug-likeness (QED) is 0.512. The number of alkyl halides is 1. The molecule has 2 aliphatic rings. The number of hydrogen-bond acceptors (Lipinski definition) is 2. The van der Waals surface area contributed by atoms with E-state index >= 15 is 0 Å². The number of fused-ring (bicyclic) bond motifs is 1. The van der Waals surface area contributed by atoms with E-state index in [0.717, 1.165) is 26.1 Å². The molecule has 0 aromatic rings. The number of hydrogen-bond donors (Lipinski definition) is 1. The molecule has 2 rings (SSSR count). The SMILES string of the molecule is CN1CCC2(Cl)CNCC12. The van der Waals surface area contributed by atoms with E-state index < -0.39 is 0 Å². The van der Waals surface area contributed by atoms with Gasteiger partial charge in [0.25, 0.3) is 0 Å². The molecule has 2 fully saturated rings. The molecular weight excluding hydrogens is 148 g/mol. The second-order valence-electron chi connectivity index (χ2n) is 3.41. The molecule has 10 heavy (non-hydrogen) atoms. The van der Waals surface area contributed by atoms with E-state index in [-0.39, 0.29) is 4.87 Å². The molecule has 1 N–H and O–H groups in total. The van der Waals surface area contributed by atoms with Gasteiger partial charge in [0, 0.05) is 25.7 Å². The molecule has 0 aliphatic carbocycles. The summed E-state index contributed by atoms with van der Waals surface area (Å²) in [5, 5.41) is 3.32. The van der Waals surface area contributed by atoms with Crippen molar-refractivity contribution in [2.45, 2.75) is 17.3 Å². The van der Waals surface area contributed by atoms with Gasteiger partial charge >= 0.3 is 0 Å². The summed E-state index contributed by atoms with van der Waals surface area (Å²) in [7, 11) is 2.15. The fourth-order valence-electron chi connectivity index (χ4n) is 2.04. The summed E-state index contributed by atoms with van der Waals surface area (Å²) in [6.07, 6.45) is 1.14. The van der Waals surface area contributed by atoms with Gasteiger partial charge in [-0.05, 0) is 13.5 Å². The maximum atomic E-state index is 6.36. The summed E-state index contributed by atoms with van der Waals surface area (Å²) >= 11 is 6.36. The van der Waals surface area contributed by atoms with E-state index in [1.54, 1.807) is 0 Å². The zero-order valence-corrected chi connectivity index (χ0v) is 6.99. The molecule has 2 nitrogen and oxygen atoms in total. The van der Waals surface area contributed by atoms with E-state index in [9.17, 15) is 0 Å². The van der Waals surface area contributed by atoms with Gasteiger partial charge in [-0.2, -0.15) is 0 Å². The van der Waals surface area contributed by atoms with Crippen LogP contribution in [0.1, 0.15) is 6.42 Å². The van der Waals surface area contributed by atoms with Crippen molar-refractivity contribution < 1.29 is 0 Å². The molecule has 0 radical (unpaired) electrons. The van der Waals surface area contributed by atoms with Gasteiger partial charge in [0.1, 0.15) is 0 Å². The topological polar surface area (TPSA) is 15.3 Å². The van der Waals surface area contributed by atoms with E-state index in [1.165, 1.54) is 0 Å². The Kier molecular flexibility index (Phi) is 1.44. The summed E-state index contributed by atoms with van der Waals surface area (Å²) in [5.41, 5.74) is 0. The largest absolute Gasteiger partial charge is 0.313 e. The lowest BCUT2D eigenvalue weighted by Gasteiger charge is -2.22. The fraction of sp³-hybridized carbons (Fsp3) is 1.00. The van der Waals surface area contributed by atoms with Crippen molar-refractivity contribution in [2.75, 3.05) is 26.7 Å².